The quantitative estimate of drug-likeness (QED) is 0.278. The molecule has 4 nitrogen and oxygen atoms in total. The molecule has 0 aliphatic carbocycles. The van der Waals surface area contributed by atoms with Gasteiger partial charge in [0, 0.05) is 0 Å². The van der Waals surface area contributed by atoms with Crippen molar-refractivity contribution < 1.29 is 0 Å². The Balaban J connectivity index is 1.47. The molecule has 0 amide bonds. The summed E-state index contributed by atoms with van der Waals surface area (Å²) in [7, 11) is 0. The Bertz CT molecular complexity index is 774. The van der Waals surface area contributed by atoms with Crippen molar-refractivity contribution in [3.63, 3.8) is 0 Å². The van der Waals surface area contributed by atoms with Crippen LogP contribution >= 0.6 is 0 Å². The van der Waals surface area contributed by atoms with Gasteiger partial charge in [-0.15, -0.1) is 10.2 Å². The Morgan fingerprint density at radius 1 is 0.667 bits per heavy atom. The van der Waals surface area contributed by atoms with Gasteiger partial charge >= 0.3 is 0 Å². The average molecular weight is 405 g/mol. The Hall–Kier alpha value is -2.49. The average Bonchev–Trinajstić information content (AvgIpc) is 3.25. The lowest BCUT2D eigenvalue weighted by atomic mass is 9.91. The van der Waals surface area contributed by atoms with E-state index in [9.17, 15) is 0 Å². The summed E-state index contributed by atoms with van der Waals surface area (Å²) in [6.45, 7) is 3.12. The summed E-state index contributed by atoms with van der Waals surface area (Å²) < 4.78 is 0. The third-order valence-electron chi connectivity index (χ3n) is 5.70. The number of nitrogens with zero attached hydrogens (tertiary/aromatic N) is 4. The molecule has 0 N–H and O–H groups in total. The Morgan fingerprint density at radius 2 is 1.17 bits per heavy atom. The summed E-state index contributed by atoms with van der Waals surface area (Å²) in [4.78, 5) is 1.78. The molecule has 0 radical (unpaired) electrons. The number of benzene rings is 2. The zero-order chi connectivity index (χ0) is 20.9. The molecule has 4 heteroatoms. The van der Waals surface area contributed by atoms with E-state index in [4.69, 9.17) is 5.10 Å². The summed E-state index contributed by atoms with van der Waals surface area (Å²) in [6.07, 6.45) is 13.3. The van der Waals surface area contributed by atoms with E-state index in [0.717, 1.165) is 18.8 Å². The first-order valence-electron chi connectivity index (χ1n) is 11.8. The van der Waals surface area contributed by atoms with Crippen molar-refractivity contribution >= 4 is 0 Å². The largest absolute Gasteiger partial charge is 0.186 e. The number of tetrazole rings is 1. The van der Waals surface area contributed by atoms with Crippen molar-refractivity contribution in [1.29, 1.82) is 0 Å². The van der Waals surface area contributed by atoms with Gasteiger partial charge in [-0.05, 0) is 22.8 Å². The lowest BCUT2D eigenvalue weighted by molar-refractivity contribution is 0.470. The van der Waals surface area contributed by atoms with Crippen LogP contribution in [-0.4, -0.2) is 20.2 Å². The highest BCUT2D eigenvalue weighted by molar-refractivity contribution is 5.37. The second kappa shape index (κ2) is 12.9. The van der Waals surface area contributed by atoms with Crippen LogP contribution in [0.1, 0.15) is 94.0 Å². The number of aromatic nitrogens is 4. The predicted molar refractivity (Wildman–Crippen MR) is 123 cm³/mol. The van der Waals surface area contributed by atoms with E-state index in [1.54, 1.807) is 4.80 Å². The van der Waals surface area contributed by atoms with Gasteiger partial charge in [-0.1, -0.05) is 125 Å². The Kier molecular flexibility index (Phi) is 9.58. The lowest BCUT2D eigenvalue weighted by Crippen LogP contribution is -2.07. The SMILES string of the molecule is CCCCCCCCCCCCn1nnc(C(c2ccccc2)c2ccccc2)n1. The van der Waals surface area contributed by atoms with Crippen LogP contribution in [0.15, 0.2) is 60.7 Å². The maximum absolute atomic E-state index is 4.73. The molecular formula is C26H36N4. The molecule has 30 heavy (non-hydrogen) atoms. The first-order valence-corrected chi connectivity index (χ1v) is 11.8. The summed E-state index contributed by atoms with van der Waals surface area (Å²) in [5.74, 6) is 0.799. The molecule has 0 saturated carbocycles. The summed E-state index contributed by atoms with van der Waals surface area (Å²) in [5.41, 5.74) is 2.39. The number of aryl methyl sites for hydroxylation is 1. The lowest BCUT2D eigenvalue weighted by Gasteiger charge is -2.14. The predicted octanol–water partition coefficient (Wildman–Crippen LogP) is 6.77. The summed E-state index contributed by atoms with van der Waals surface area (Å²) in [6, 6.07) is 20.9. The van der Waals surface area contributed by atoms with E-state index in [-0.39, 0.29) is 5.92 Å². The minimum atomic E-state index is 0.0221. The molecule has 1 heterocycles. The fraction of sp³-hybridized carbons (Fsp3) is 0.500. The van der Waals surface area contributed by atoms with Gasteiger partial charge in [0.2, 0.25) is 0 Å². The monoisotopic (exact) mass is 404 g/mol. The zero-order valence-corrected chi connectivity index (χ0v) is 18.4. The maximum Gasteiger partial charge on any atom is 0.186 e. The number of unbranched alkanes of at least 4 members (excludes halogenated alkanes) is 9. The van der Waals surface area contributed by atoms with Gasteiger partial charge in [-0.3, -0.25) is 0 Å². The van der Waals surface area contributed by atoms with Crippen LogP contribution in [0.4, 0.5) is 0 Å². The highest BCUT2D eigenvalue weighted by atomic mass is 15.6. The van der Waals surface area contributed by atoms with Gasteiger partial charge in [-0.25, -0.2) is 0 Å². The van der Waals surface area contributed by atoms with Crippen LogP contribution in [0, 0.1) is 0 Å². The van der Waals surface area contributed by atoms with Crippen molar-refractivity contribution in [3.8, 4) is 0 Å². The number of hydrogen-bond acceptors (Lipinski definition) is 3. The number of rotatable bonds is 14. The van der Waals surface area contributed by atoms with Gasteiger partial charge in [0.05, 0.1) is 12.5 Å². The second-order valence-electron chi connectivity index (χ2n) is 8.18. The van der Waals surface area contributed by atoms with E-state index in [1.807, 2.05) is 12.1 Å². The molecular weight excluding hydrogens is 368 g/mol. The molecule has 3 aromatic rings. The van der Waals surface area contributed by atoms with E-state index in [2.05, 4.69) is 65.8 Å². The third-order valence-corrected chi connectivity index (χ3v) is 5.70. The minimum Gasteiger partial charge on any atom is -0.164 e. The molecule has 0 aliphatic rings. The van der Waals surface area contributed by atoms with Crippen molar-refractivity contribution in [2.75, 3.05) is 0 Å². The molecule has 0 spiro atoms. The Morgan fingerprint density at radius 3 is 1.70 bits per heavy atom. The summed E-state index contributed by atoms with van der Waals surface area (Å²) in [5, 5.41) is 13.5. The highest BCUT2D eigenvalue weighted by Gasteiger charge is 2.21. The molecule has 0 bridgehead atoms. The molecule has 0 unspecified atom stereocenters. The van der Waals surface area contributed by atoms with Crippen LogP contribution < -0.4 is 0 Å². The molecule has 1 aromatic heterocycles. The maximum atomic E-state index is 4.73. The molecule has 3 rings (SSSR count). The first-order chi connectivity index (χ1) is 14.9. The van der Waals surface area contributed by atoms with Crippen molar-refractivity contribution in [1.82, 2.24) is 20.2 Å². The third kappa shape index (κ3) is 7.08. The molecule has 0 fully saturated rings. The van der Waals surface area contributed by atoms with Gasteiger partial charge in [0.1, 0.15) is 0 Å². The van der Waals surface area contributed by atoms with Crippen LogP contribution in [0.5, 0.6) is 0 Å². The zero-order valence-electron chi connectivity index (χ0n) is 18.4. The van der Waals surface area contributed by atoms with Crippen molar-refractivity contribution in [3.05, 3.63) is 77.6 Å². The number of hydrogen-bond donors (Lipinski definition) is 0. The van der Waals surface area contributed by atoms with E-state index >= 15 is 0 Å². The summed E-state index contributed by atoms with van der Waals surface area (Å²) >= 11 is 0. The van der Waals surface area contributed by atoms with Crippen LogP contribution in [0.3, 0.4) is 0 Å². The molecule has 0 aliphatic heterocycles. The van der Waals surface area contributed by atoms with Gasteiger partial charge in [0.25, 0.3) is 0 Å². The second-order valence-corrected chi connectivity index (χ2v) is 8.18. The van der Waals surface area contributed by atoms with Gasteiger partial charge < -0.3 is 0 Å². The van der Waals surface area contributed by atoms with Crippen LogP contribution in [0.25, 0.3) is 0 Å². The first kappa shape index (κ1) is 22.2. The molecule has 2 aromatic carbocycles. The van der Waals surface area contributed by atoms with E-state index < -0.39 is 0 Å². The van der Waals surface area contributed by atoms with E-state index in [0.29, 0.717) is 0 Å². The van der Waals surface area contributed by atoms with Gasteiger partial charge in [0.15, 0.2) is 5.82 Å². The Labute approximate surface area is 181 Å². The minimum absolute atomic E-state index is 0.0221. The normalized spacial score (nSPS) is 11.3. The molecule has 0 saturated heterocycles. The molecule has 160 valence electrons. The topological polar surface area (TPSA) is 43.6 Å². The van der Waals surface area contributed by atoms with Gasteiger partial charge in [-0.2, -0.15) is 4.80 Å². The van der Waals surface area contributed by atoms with Crippen LogP contribution in [-0.2, 0) is 6.54 Å². The smallest absolute Gasteiger partial charge is 0.164 e. The van der Waals surface area contributed by atoms with E-state index in [1.165, 1.54) is 68.9 Å². The van der Waals surface area contributed by atoms with Crippen molar-refractivity contribution in [2.24, 2.45) is 0 Å². The fourth-order valence-corrected chi connectivity index (χ4v) is 3.99. The fourth-order valence-electron chi connectivity index (χ4n) is 3.99. The molecule has 0 atom stereocenters. The highest BCUT2D eigenvalue weighted by Crippen LogP contribution is 2.29. The van der Waals surface area contributed by atoms with Crippen LogP contribution in [0.2, 0.25) is 0 Å². The standard InChI is InChI=1S/C26H36N4/c1-2-3-4-5-6-7-8-9-10-17-22-30-28-26(27-29-30)25(23-18-13-11-14-19-23)24-20-15-12-16-21-24/h11-16,18-21,25H,2-10,17,22H2,1H3. The van der Waals surface area contributed by atoms with Crippen molar-refractivity contribution in [2.45, 2.75) is 83.6 Å².